The summed E-state index contributed by atoms with van der Waals surface area (Å²) in [5.74, 6) is -0.306. The van der Waals surface area contributed by atoms with Crippen LogP contribution >= 0.6 is 12.2 Å². The summed E-state index contributed by atoms with van der Waals surface area (Å²) in [6, 6.07) is 0. The third kappa shape index (κ3) is 3.36. The number of carbonyl (C=O) groups excluding carboxylic acids is 1. The Balaban J connectivity index is 3.08. The molecule has 0 amide bonds. The average Bonchev–Trinajstić information content (AvgIpc) is 2.56. The maximum absolute atomic E-state index is 10.9. The Morgan fingerprint density at radius 3 is 2.93 bits per heavy atom. The molecule has 0 aliphatic rings. The smallest absolute Gasteiger partial charge is 0.309 e. The number of aromatic nitrogens is 1. The molecule has 0 spiro atoms. The summed E-state index contributed by atoms with van der Waals surface area (Å²) in [6.45, 7) is 2.01. The fourth-order valence-corrected chi connectivity index (χ4v) is 1.32. The Kier molecular flexibility index (Phi) is 4.30. The highest BCUT2D eigenvalue weighted by molar-refractivity contribution is 7.71. The molecular formula is C10H13NO3S. The topological polar surface area (TPSA) is 55.2 Å². The van der Waals surface area contributed by atoms with Gasteiger partial charge in [-0.25, -0.2) is 0 Å². The molecule has 1 aromatic heterocycles. The number of H-pyrrole nitrogens is 1. The molecule has 5 heteroatoms. The minimum atomic E-state index is -0.306. The predicted octanol–water partition coefficient (Wildman–Crippen LogP) is 0.871. The van der Waals surface area contributed by atoms with Gasteiger partial charge in [0.05, 0.1) is 18.9 Å². The molecule has 0 aromatic carbocycles. The first kappa shape index (κ1) is 11.7. The number of oxazole rings is 1. The van der Waals surface area contributed by atoms with Crippen molar-refractivity contribution in [2.24, 2.45) is 0 Å². The summed E-state index contributed by atoms with van der Waals surface area (Å²) in [6.07, 6.45) is 4.64. The second-order valence-electron chi connectivity index (χ2n) is 2.89. The fourth-order valence-electron chi connectivity index (χ4n) is 1.12. The summed E-state index contributed by atoms with van der Waals surface area (Å²) in [5.41, 5.74) is 0.590. The Bertz CT molecular complexity index is 497. The number of nitrogens with one attached hydrogen (secondary N) is 1. The van der Waals surface area contributed by atoms with Crippen LogP contribution in [0.15, 0.2) is 4.42 Å². The van der Waals surface area contributed by atoms with Gasteiger partial charge < -0.3 is 14.1 Å². The van der Waals surface area contributed by atoms with Crippen molar-refractivity contribution in [1.82, 2.24) is 4.98 Å². The number of esters is 1. The number of hydrogen-bond acceptors (Lipinski definition) is 4. The number of hydrogen-bond donors (Lipinski definition) is 1. The van der Waals surface area contributed by atoms with Crippen molar-refractivity contribution in [2.75, 3.05) is 7.11 Å². The normalized spacial score (nSPS) is 13.2. The number of ether oxygens (including phenoxy) is 1. The van der Waals surface area contributed by atoms with E-state index in [4.69, 9.17) is 16.6 Å². The van der Waals surface area contributed by atoms with Crippen LogP contribution in [0, 0.1) is 4.84 Å². The van der Waals surface area contributed by atoms with Gasteiger partial charge in [-0.2, -0.15) is 0 Å². The van der Waals surface area contributed by atoms with Crippen LogP contribution in [0.4, 0.5) is 0 Å². The van der Waals surface area contributed by atoms with Gasteiger partial charge in [-0.15, -0.1) is 0 Å². The van der Waals surface area contributed by atoms with E-state index < -0.39 is 0 Å². The number of aromatic amines is 1. The lowest BCUT2D eigenvalue weighted by Crippen LogP contribution is -2.22. The largest absolute Gasteiger partial charge is 0.469 e. The zero-order valence-corrected chi connectivity index (χ0v) is 9.52. The molecule has 0 radical (unpaired) electrons. The van der Waals surface area contributed by atoms with Crippen LogP contribution in [0.2, 0.25) is 0 Å². The van der Waals surface area contributed by atoms with Crippen LogP contribution in [0.3, 0.4) is 0 Å². The molecule has 1 rings (SSSR count). The molecule has 15 heavy (non-hydrogen) atoms. The molecule has 0 saturated heterocycles. The van der Waals surface area contributed by atoms with Crippen molar-refractivity contribution < 1.29 is 13.9 Å². The SMILES string of the molecule is CCC=c1[nH]c(=S)oc1=CCC(=O)OC. The monoisotopic (exact) mass is 227 g/mol. The highest BCUT2D eigenvalue weighted by atomic mass is 32.1. The maximum Gasteiger partial charge on any atom is 0.309 e. The number of rotatable bonds is 3. The van der Waals surface area contributed by atoms with E-state index in [2.05, 4.69) is 9.72 Å². The minimum Gasteiger partial charge on any atom is -0.469 e. The van der Waals surface area contributed by atoms with E-state index in [1.165, 1.54) is 7.11 Å². The summed E-state index contributed by atoms with van der Waals surface area (Å²) >= 11 is 4.86. The Labute approximate surface area is 92.3 Å². The molecule has 0 aliphatic heterocycles. The first-order chi connectivity index (χ1) is 7.17. The van der Waals surface area contributed by atoms with Crippen LogP contribution in [0.25, 0.3) is 12.2 Å². The van der Waals surface area contributed by atoms with E-state index in [0.29, 0.717) is 10.3 Å². The molecule has 1 N–H and O–H groups in total. The van der Waals surface area contributed by atoms with E-state index in [1.54, 1.807) is 6.08 Å². The molecule has 0 fully saturated rings. The third-order valence-electron chi connectivity index (χ3n) is 1.79. The van der Waals surface area contributed by atoms with Gasteiger partial charge in [-0.3, -0.25) is 4.79 Å². The zero-order chi connectivity index (χ0) is 11.3. The van der Waals surface area contributed by atoms with Crippen molar-refractivity contribution in [3.63, 3.8) is 0 Å². The van der Waals surface area contributed by atoms with Crippen molar-refractivity contribution in [3.05, 3.63) is 15.6 Å². The minimum absolute atomic E-state index is 0.178. The van der Waals surface area contributed by atoms with Crippen molar-refractivity contribution in [2.45, 2.75) is 19.8 Å². The maximum atomic E-state index is 10.9. The van der Waals surface area contributed by atoms with Gasteiger partial charge in [0.2, 0.25) is 0 Å². The van der Waals surface area contributed by atoms with Crippen LogP contribution in [-0.2, 0) is 9.53 Å². The van der Waals surface area contributed by atoms with Crippen LogP contribution in [0.1, 0.15) is 19.8 Å². The van der Waals surface area contributed by atoms with E-state index in [0.717, 1.165) is 11.8 Å². The van der Waals surface area contributed by atoms with Crippen molar-refractivity contribution >= 4 is 30.3 Å². The van der Waals surface area contributed by atoms with Gasteiger partial charge in [0.15, 0.2) is 0 Å². The number of carbonyl (C=O) groups is 1. The molecule has 82 valence electrons. The molecule has 1 heterocycles. The second kappa shape index (κ2) is 5.50. The van der Waals surface area contributed by atoms with Crippen molar-refractivity contribution in [3.8, 4) is 0 Å². The Morgan fingerprint density at radius 1 is 1.60 bits per heavy atom. The lowest BCUT2D eigenvalue weighted by atomic mass is 10.3. The second-order valence-corrected chi connectivity index (χ2v) is 3.26. The lowest BCUT2D eigenvalue weighted by molar-refractivity contribution is -0.139. The highest BCUT2D eigenvalue weighted by Gasteiger charge is 1.97. The zero-order valence-electron chi connectivity index (χ0n) is 8.70. The Morgan fingerprint density at radius 2 is 2.33 bits per heavy atom. The van der Waals surface area contributed by atoms with Gasteiger partial charge >= 0.3 is 5.97 Å². The summed E-state index contributed by atoms with van der Waals surface area (Å²) < 4.78 is 9.75. The molecular weight excluding hydrogens is 214 g/mol. The van der Waals surface area contributed by atoms with Crippen molar-refractivity contribution in [1.29, 1.82) is 0 Å². The molecule has 0 unspecified atom stereocenters. The quantitative estimate of drug-likeness (QED) is 0.615. The fraction of sp³-hybridized carbons (Fsp3) is 0.400. The Hall–Kier alpha value is -1.36. The summed E-state index contributed by atoms with van der Waals surface area (Å²) in [7, 11) is 1.35. The molecule has 4 nitrogen and oxygen atoms in total. The third-order valence-corrected chi connectivity index (χ3v) is 1.98. The molecule has 0 atom stereocenters. The first-order valence-corrected chi connectivity index (χ1v) is 5.04. The molecule has 0 aliphatic carbocycles. The van der Waals surface area contributed by atoms with Crippen LogP contribution < -0.4 is 10.8 Å². The van der Waals surface area contributed by atoms with Crippen LogP contribution in [-0.4, -0.2) is 18.1 Å². The van der Waals surface area contributed by atoms with E-state index in [9.17, 15) is 4.79 Å². The summed E-state index contributed by atoms with van der Waals surface area (Å²) in [5, 5.41) is 0.811. The molecule has 0 bridgehead atoms. The average molecular weight is 227 g/mol. The van der Waals surface area contributed by atoms with Gasteiger partial charge in [-0.1, -0.05) is 13.0 Å². The van der Waals surface area contributed by atoms with Gasteiger partial charge in [0, 0.05) is 0 Å². The lowest BCUT2D eigenvalue weighted by Gasteiger charge is -1.90. The predicted molar refractivity (Wildman–Crippen MR) is 59.0 cm³/mol. The summed E-state index contributed by atoms with van der Waals surface area (Å²) in [4.78, 5) is 14.1. The first-order valence-electron chi connectivity index (χ1n) is 4.63. The van der Waals surface area contributed by atoms with Gasteiger partial charge in [0.25, 0.3) is 4.84 Å². The highest BCUT2D eigenvalue weighted by Crippen LogP contribution is 1.85. The van der Waals surface area contributed by atoms with Crippen LogP contribution in [0.5, 0.6) is 0 Å². The number of methoxy groups -OCH3 is 1. The van der Waals surface area contributed by atoms with E-state index in [1.807, 2.05) is 13.0 Å². The van der Waals surface area contributed by atoms with E-state index in [-0.39, 0.29) is 12.4 Å². The molecule has 0 saturated carbocycles. The van der Waals surface area contributed by atoms with E-state index >= 15 is 0 Å². The molecule has 1 aromatic rings. The van der Waals surface area contributed by atoms with Gasteiger partial charge in [0.1, 0.15) is 5.42 Å². The van der Waals surface area contributed by atoms with Gasteiger partial charge in [-0.05, 0) is 24.7 Å². The standard InChI is InChI=1S/C10H13NO3S/c1-3-4-7-8(14-10(15)11-7)5-6-9(12)13-2/h4-5H,3,6H2,1-2H3,(H,11,15).